The van der Waals surface area contributed by atoms with Gasteiger partial charge in [0.1, 0.15) is 34.8 Å². The molecule has 0 saturated carbocycles. The number of hydrogen-bond acceptors (Lipinski definition) is 9. The van der Waals surface area contributed by atoms with E-state index in [4.69, 9.17) is 4.98 Å². The second-order valence-corrected chi connectivity index (χ2v) is 16.1. The molecule has 3 aromatic heterocycles. The smallest absolute Gasteiger partial charge is 0.329 e. The maximum atomic E-state index is 14.7. The molecule has 310 valence electrons. The van der Waals surface area contributed by atoms with Crippen LogP contribution in [0.15, 0.2) is 59.7 Å². The van der Waals surface area contributed by atoms with Crippen molar-refractivity contribution in [3.8, 4) is 0 Å². The van der Waals surface area contributed by atoms with Crippen molar-refractivity contribution < 1.29 is 28.0 Å². The number of imide groups is 1. The summed E-state index contributed by atoms with van der Waals surface area (Å²) in [6.45, 7) is 3.15. The average Bonchev–Trinajstić information content (AvgIpc) is 3.95. The molecule has 3 aliphatic rings. The normalized spacial score (nSPS) is 19.2. The van der Waals surface area contributed by atoms with Crippen LogP contribution in [0.2, 0.25) is 0 Å². The fourth-order valence-corrected chi connectivity index (χ4v) is 9.03. The van der Waals surface area contributed by atoms with E-state index in [2.05, 4.69) is 20.6 Å². The highest BCUT2D eigenvalue weighted by atomic mass is 19.1. The van der Waals surface area contributed by atoms with Gasteiger partial charge in [-0.3, -0.25) is 38.5 Å². The minimum atomic E-state index is -0.714. The predicted molar refractivity (Wildman–Crippen MR) is 216 cm³/mol. The molecule has 3 amide bonds. The third kappa shape index (κ3) is 8.40. The molecule has 2 atom stereocenters. The number of nitrogens with one attached hydrogen (secondary N) is 2. The van der Waals surface area contributed by atoms with Crippen LogP contribution >= 0.6 is 0 Å². The van der Waals surface area contributed by atoms with Gasteiger partial charge in [0.15, 0.2) is 5.65 Å². The molecule has 6 heterocycles. The molecule has 2 N–H and O–H groups in total. The van der Waals surface area contributed by atoms with Crippen LogP contribution in [0.3, 0.4) is 0 Å². The number of carbonyl (C=O) groups excluding carboxylic acids is 4. The fraction of sp³-hybridized carbons (Fsp3) is 0.465. The number of ketones is 1. The number of amides is 3. The summed E-state index contributed by atoms with van der Waals surface area (Å²) in [5, 5.41) is 9.60. The van der Waals surface area contributed by atoms with Gasteiger partial charge in [-0.1, -0.05) is 18.9 Å². The van der Waals surface area contributed by atoms with E-state index in [1.165, 1.54) is 21.3 Å². The number of halogens is 2. The summed E-state index contributed by atoms with van der Waals surface area (Å²) in [6.07, 6.45) is 10.8. The number of likely N-dealkylation sites (tertiary alicyclic amines) is 1. The standard InChI is InChI=1S/C43H49F2N9O5/c1-50-37-23-28(9-12-35(37)54(43(50)59)36-13-14-39(56)49-42(36)58)27-15-20-51(21-16-27)26-30(55)7-4-2-3-5-18-46-41(57)32-25-47-53-22-17-38(48-40(32)53)52-19-6-8-34(52)31-24-29(44)10-11-33(31)45/h9-12,17,22-25,27,34,36H,2-8,13-16,18-21,26H2,1H3,(H,46,57)(H,49,56,58). The summed E-state index contributed by atoms with van der Waals surface area (Å²) in [5.74, 6) is -0.903. The molecule has 0 aliphatic carbocycles. The lowest BCUT2D eigenvalue weighted by Crippen LogP contribution is -2.44. The summed E-state index contributed by atoms with van der Waals surface area (Å²) >= 11 is 0. The lowest BCUT2D eigenvalue weighted by atomic mass is 9.89. The van der Waals surface area contributed by atoms with Crippen molar-refractivity contribution in [2.75, 3.05) is 37.6 Å². The molecule has 16 heteroatoms. The molecule has 3 saturated heterocycles. The van der Waals surface area contributed by atoms with Crippen molar-refractivity contribution in [3.63, 3.8) is 0 Å². The molecule has 0 spiro atoms. The molecule has 0 radical (unpaired) electrons. The van der Waals surface area contributed by atoms with Crippen LogP contribution in [0, 0.1) is 11.6 Å². The zero-order valence-electron chi connectivity index (χ0n) is 33.2. The second-order valence-electron chi connectivity index (χ2n) is 16.1. The number of Topliss-reactive ketones (excluding diaryl/α,β-unsaturated/α-hetero) is 1. The van der Waals surface area contributed by atoms with Crippen molar-refractivity contribution in [3.05, 3.63) is 93.7 Å². The Morgan fingerprint density at radius 3 is 2.53 bits per heavy atom. The minimum Gasteiger partial charge on any atom is -0.352 e. The molecule has 2 unspecified atom stereocenters. The summed E-state index contributed by atoms with van der Waals surface area (Å²) < 4.78 is 33.2. The van der Waals surface area contributed by atoms with Crippen LogP contribution < -0.4 is 21.2 Å². The maximum Gasteiger partial charge on any atom is 0.329 e. The number of carbonyl (C=O) groups is 4. The summed E-state index contributed by atoms with van der Waals surface area (Å²) in [6, 6.07) is 10.2. The first-order valence-corrected chi connectivity index (χ1v) is 20.7. The molecule has 2 aromatic carbocycles. The van der Waals surface area contributed by atoms with Gasteiger partial charge in [-0.2, -0.15) is 5.10 Å². The monoisotopic (exact) mass is 809 g/mol. The minimum absolute atomic E-state index is 0.197. The topological polar surface area (TPSA) is 156 Å². The van der Waals surface area contributed by atoms with E-state index in [-0.39, 0.29) is 35.8 Å². The third-order valence-corrected chi connectivity index (χ3v) is 12.2. The molecule has 0 bridgehead atoms. The summed E-state index contributed by atoms with van der Waals surface area (Å²) in [4.78, 5) is 72.3. The molecule has 3 fully saturated rings. The number of imidazole rings is 1. The van der Waals surface area contributed by atoms with Gasteiger partial charge in [0.25, 0.3) is 5.91 Å². The molecular weight excluding hydrogens is 761 g/mol. The largest absolute Gasteiger partial charge is 0.352 e. The number of aryl methyl sites for hydroxylation is 1. The number of unbranched alkanes of at least 4 members (excludes halogenated alkanes) is 3. The number of benzene rings is 2. The Bertz CT molecular complexity index is 2470. The number of aromatic nitrogens is 5. The van der Waals surface area contributed by atoms with Crippen LogP contribution in [0.4, 0.5) is 14.6 Å². The second kappa shape index (κ2) is 17.2. The van der Waals surface area contributed by atoms with E-state index >= 15 is 0 Å². The molecular formula is C43H49F2N9O5. The van der Waals surface area contributed by atoms with Crippen molar-refractivity contribution >= 4 is 46.0 Å². The number of rotatable bonds is 14. The van der Waals surface area contributed by atoms with E-state index in [1.54, 1.807) is 23.9 Å². The summed E-state index contributed by atoms with van der Waals surface area (Å²) in [7, 11) is 1.70. The van der Waals surface area contributed by atoms with Crippen molar-refractivity contribution in [1.82, 2.24) is 39.3 Å². The average molecular weight is 810 g/mol. The number of anilines is 1. The van der Waals surface area contributed by atoms with Crippen LogP contribution in [0.5, 0.6) is 0 Å². The number of nitrogens with zero attached hydrogens (tertiary/aromatic N) is 7. The van der Waals surface area contributed by atoms with E-state index in [0.29, 0.717) is 72.9 Å². The van der Waals surface area contributed by atoms with Gasteiger partial charge in [0, 0.05) is 44.7 Å². The maximum absolute atomic E-state index is 14.7. The first kappa shape index (κ1) is 40.0. The molecule has 5 aromatic rings. The van der Waals surface area contributed by atoms with E-state index < -0.39 is 23.6 Å². The van der Waals surface area contributed by atoms with Gasteiger partial charge in [0.2, 0.25) is 11.8 Å². The first-order chi connectivity index (χ1) is 28.5. The van der Waals surface area contributed by atoms with Crippen LogP contribution in [0.1, 0.15) is 110 Å². The van der Waals surface area contributed by atoms with Crippen LogP contribution in [0.25, 0.3) is 16.7 Å². The molecule has 3 aliphatic heterocycles. The van der Waals surface area contributed by atoms with Gasteiger partial charge in [0.05, 0.1) is 29.8 Å². The van der Waals surface area contributed by atoms with Crippen molar-refractivity contribution in [2.24, 2.45) is 7.05 Å². The van der Waals surface area contributed by atoms with Crippen molar-refractivity contribution in [2.45, 2.75) is 88.6 Å². The Morgan fingerprint density at radius 2 is 1.71 bits per heavy atom. The van der Waals surface area contributed by atoms with E-state index in [0.717, 1.165) is 81.2 Å². The molecule has 8 rings (SSSR count). The SMILES string of the molecule is Cn1c(=O)n(C2CCC(=O)NC2=O)c2ccc(C3CCN(CC(=O)CCCCCCNC(=O)c4cnn5ccc(N6CCCC6c6cc(F)ccc6F)nc45)CC3)cc21. The zero-order valence-corrected chi connectivity index (χ0v) is 33.2. The summed E-state index contributed by atoms with van der Waals surface area (Å²) in [5.41, 5.74) is 3.31. The highest BCUT2D eigenvalue weighted by molar-refractivity contribution is 6.00. The zero-order chi connectivity index (χ0) is 41.2. The Balaban J connectivity index is 0.751. The van der Waals surface area contributed by atoms with Crippen LogP contribution in [-0.2, 0) is 21.4 Å². The Labute approximate surface area is 339 Å². The van der Waals surface area contributed by atoms with Gasteiger partial charge in [-0.15, -0.1) is 0 Å². The quantitative estimate of drug-likeness (QED) is 0.115. The molecule has 59 heavy (non-hydrogen) atoms. The highest BCUT2D eigenvalue weighted by Gasteiger charge is 2.33. The predicted octanol–water partition coefficient (Wildman–Crippen LogP) is 5.11. The number of fused-ring (bicyclic) bond motifs is 2. The Kier molecular flexibility index (Phi) is 11.7. The van der Waals surface area contributed by atoms with Gasteiger partial charge < -0.3 is 10.2 Å². The number of piperidine rings is 2. The van der Waals surface area contributed by atoms with E-state index in [1.807, 2.05) is 23.1 Å². The van der Waals surface area contributed by atoms with Crippen molar-refractivity contribution in [1.29, 1.82) is 0 Å². The van der Waals surface area contributed by atoms with Crippen LogP contribution in [-0.4, -0.2) is 84.9 Å². The van der Waals surface area contributed by atoms with E-state index in [9.17, 15) is 32.8 Å². The lowest BCUT2D eigenvalue weighted by Gasteiger charge is -2.31. The van der Waals surface area contributed by atoms with Gasteiger partial charge >= 0.3 is 5.69 Å². The Morgan fingerprint density at radius 1 is 0.898 bits per heavy atom. The molecule has 14 nitrogen and oxygen atoms in total. The number of hydrogen-bond donors (Lipinski definition) is 2. The third-order valence-electron chi connectivity index (χ3n) is 12.2. The first-order valence-electron chi connectivity index (χ1n) is 20.7. The van der Waals surface area contributed by atoms with Gasteiger partial charge in [-0.05, 0) is 106 Å². The Hall–Kier alpha value is -5.77. The fourth-order valence-electron chi connectivity index (χ4n) is 9.03. The highest BCUT2D eigenvalue weighted by Crippen LogP contribution is 2.37. The lowest BCUT2D eigenvalue weighted by molar-refractivity contribution is -0.135. The van der Waals surface area contributed by atoms with Gasteiger partial charge in [-0.25, -0.2) is 23.1 Å².